The quantitative estimate of drug-likeness (QED) is 0.0721. The molecule has 9 nitrogen and oxygen atoms in total. The molecule has 2 rings (SSSR count). The fourth-order valence-electron chi connectivity index (χ4n) is 5.26. The average molecular weight is 633 g/mol. The lowest BCUT2D eigenvalue weighted by molar-refractivity contribution is -0.304. The molecule has 1 aromatic heterocycles. The monoisotopic (exact) mass is 632 g/mol. The van der Waals surface area contributed by atoms with Gasteiger partial charge in [0.1, 0.15) is 24.5 Å². The third-order valence-corrected chi connectivity index (χ3v) is 8.07. The number of furan rings is 1. The van der Waals surface area contributed by atoms with Crippen molar-refractivity contribution < 1.29 is 33.0 Å². The topological polar surface area (TPSA) is 116 Å². The molecule has 2 heterocycles. The zero-order chi connectivity index (χ0) is 33.0. The molecule has 1 fully saturated rings. The van der Waals surface area contributed by atoms with Crippen molar-refractivity contribution in [2.45, 2.75) is 149 Å². The number of hydrogen-bond acceptors (Lipinski definition) is 7. The van der Waals surface area contributed by atoms with E-state index >= 15 is 0 Å². The minimum atomic E-state index is -0.855. The van der Waals surface area contributed by atoms with Crippen LogP contribution in [0.4, 0.5) is 0 Å². The highest BCUT2D eigenvalue weighted by atomic mass is 16.7. The summed E-state index contributed by atoms with van der Waals surface area (Å²) in [6.07, 6.45) is 21.6. The zero-order valence-electron chi connectivity index (χ0n) is 28.6. The van der Waals surface area contributed by atoms with Crippen LogP contribution in [0.1, 0.15) is 143 Å². The van der Waals surface area contributed by atoms with E-state index in [4.69, 9.17) is 18.6 Å². The van der Waals surface area contributed by atoms with Gasteiger partial charge in [-0.3, -0.25) is 14.4 Å². The molecular formula is C36H60N2O7. The minimum absolute atomic E-state index is 0.00742. The number of carbonyl (C=O) groups is 3. The Hall–Kier alpha value is -2.65. The van der Waals surface area contributed by atoms with Gasteiger partial charge in [0.05, 0.1) is 19.3 Å². The number of rotatable bonds is 23. The molecule has 1 aliphatic heterocycles. The van der Waals surface area contributed by atoms with Gasteiger partial charge in [0.25, 0.3) is 0 Å². The van der Waals surface area contributed by atoms with Crippen molar-refractivity contribution in [2.24, 2.45) is 5.41 Å². The van der Waals surface area contributed by atoms with Crippen LogP contribution in [0.3, 0.4) is 0 Å². The minimum Gasteiger partial charge on any atom is -0.467 e. The van der Waals surface area contributed by atoms with Gasteiger partial charge in [-0.05, 0) is 58.1 Å². The molecule has 2 amide bonds. The number of allylic oxidation sites excluding steroid dienone is 2. The summed E-state index contributed by atoms with van der Waals surface area (Å²) in [5.41, 5.74) is -0.501. The molecule has 2 atom stereocenters. The highest BCUT2D eigenvalue weighted by Gasteiger charge is 2.45. The van der Waals surface area contributed by atoms with Gasteiger partial charge in [-0.1, -0.05) is 84.3 Å². The van der Waals surface area contributed by atoms with Crippen LogP contribution in [0.2, 0.25) is 0 Å². The predicted octanol–water partition coefficient (Wildman–Crippen LogP) is 7.70. The Kier molecular flexibility index (Phi) is 18.2. The smallest absolute Gasteiger partial charge is 0.307 e. The number of carbonyl (C=O) groups excluding carboxylic acids is 3. The molecule has 0 aliphatic carbocycles. The van der Waals surface area contributed by atoms with Gasteiger partial charge >= 0.3 is 5.97 Å². The maximum Gasteiger partial charge on any atom is 0.307 e. The Morgan fingerprint density at radius 2 is 1.58 bits per heavy atom. The molecule has 0 saturated carbocycles. The lowest BCUT2D eigenvalue weighted by Gasteiger charge is -2.44. The normalized spacial score (nSPS) is 18.0. The van der Waals surface area contributed by atoms with Crippen LogP contribution in [-0.2, 0) is 28.6 Å². The van der Waals surface area contributed by atoms with Crippen LogP contribution in [-0.4, -0.2) is 49.4 Å². The summed E-state index contributed by atoms with van der Waals surface area (Å²) in [5, 5.41) is 5.72. The second-order valence-electron chi connectivity index (χ2n) is 13.4. The summed E-state index contributed by atoms with van der Waals surface area (Å²) in [7, 11) is 0. The lowest BCUT2D eigenvalue weighted by atomic mass is 9.85. The first kappa shape index (κ1) is 38.5. The van der Waals surface area contributed by atoms with Crippen molar-refractivity contribution in [3.8, 4) is 0 Å². The van der Waals surface area contributed by atoms with Gasteiger partial charge < -0.3 is 29.3 Å². The van der Waals surface area contributed by atoms with Crippen molar-refractivity contribution in [3.05, 3.63) is 36.3 Å². The molecule has 256 valence electrons. The Balaban J connectivity index is 1.59. The van der Waals surface area contributed by atoms with Crippen molar-refractivity contribution in [1.29, 1.82) is 0 Å². The molecule has 1 saturated heterocycles. The van der Waals surface area contributed by atoms with Gasteiger partial charge in [0, 0.05) is 18.4 Å². The molecule has 9 heteroatoms. The number of nitrogens with one attached hydrogen (secondary N) is 2. The summed E-state index contributed by atoms with van der Waals surface area (Å²) in [5.74, 6) is -1.20. The number of hydrogen-bond donors (Lipinski definition) is 2. The number of amides is 2. The Bertz CT molecular complexity index is 1000. The lowest BCUT2D eigenvalue weighted by Crippen LogP contribution is -2.56. The first-order valence-corrected chi connectivity index (χ1v) is 17.3. The van der Waals surface area contributed by atoms with E-state index in [1.165, 1.54) is 64.1 Å². The maximum atomic E-state index is 12.8. The van der Waals surface area contributed by atoms with E-state index in [9.17, 15) is 14.4 Å². The van der Waals surface area contributed by atoms with E-state index in [-0.39, 0.29) is 31.4 Å². The molecule has 0 aromatic carbocycles. The van der Waals surface area contributed by atoms with Crippen LogP contribution in [0.15, 0.2) is 35.0 Å². The van der Waals surface area contributed by atoms with E-state index in [0.29, 0.717) is 18.8 Å². The largest absolute Gasteiger partial charge is 0.467 e. The molecule has 1 aliphatic rings. The van der Waals surface area contributed by atoms with Crippen molar-refractivity contribution in [3.63, 3.8) is 0 Å². The fraction of sp³-hybridized carbons (Fsp3) is 0.750. The second kappa shape index (κ2) is 21.2. The molecule has 45 heavy (non-hydrogen) atoms. The average Bonchev–Trinajstić information content (AvgIpc) is 3.53. The van der Waals surface area contributed by atoms with Crippen LogP contribution >= 0.6 is 0 Å². The second-order valence-corrected chi connectivity index (χ2v) is 13.4. The number of esters is 1. The highest BCUT2D eigenvalue weighted by Crippen LogP contribution is 2.34. The van der Waals surface area contributed by atoms with Gasteiger partial charge in [-0.25, -0.2) is 0 Å². The van der Waals surface area contributed by atoms with Crippen molar-refractivity contribution in [1.82, 2.24) is 10.6 Å². The van der Waals surface area contributed by atoms with Gasteiger partial charge in [0.2, 0.25) is 11.8 Å². The van der Waals surface area contributed by atoms with Gasteiger partial charge in [0.15, 0.2) is 5.79 Å². The molecule has 0 bridgehead atoms. The summed E-state index contributed by atoms with van der Waals surface area (Å²) in [6.45, 7) is 10.0. The Morgan fingerprint density at radius 3 is 2.22 bits per heavy atom. The maximum absolute atomic E-state index is 12.8. The molecule has 1 aromatic rings. The molecule has 2 N–H and O–H groups in total. The third kappa shape index (κ3) is 16.5. The van der Waals surface area contributed by atoms with Gasteiger partial charge in [-0.15, -0.1) is 0 Å². The number of ether oxygens (including phenoxy) is 3. The predicted molar refractivity (Wildman–Crippen MR) is 176 cm³/mol. The van der Waals surface area contributed by atoms with E-state index in [0.717, 1.165) is 25.7 Å². The standard InChI is InChI=1S/C36H60N2O7/c1-6-7-8-9-10-11-12-13-14-15-16-17-18-19-20-23-31(39)38-29(30-22-21-26-42-30)27-43-32(40)24-25-37-34(41)33-35(2,3)28-44-36(4,5)45-33/h13-14,21-22,26,29,33H,6-12,15-20,23-25,27-28H2,1-5H3,(H,37,41)(H,38,39)/b14-13-. The first-order valence-electron chi connectivity index (χ1n) is 17.3. The van der Waals surface area contributed by atoms with Crippen molar-refractivity contribution >= 4 is 17.8 Å². The summed E-state index contributed by atoms with van der Waals surface area (Å²) in [4.78, 5) is 37.9. The summed E-state index contributed by atoms with van der Waals surface area (Å²) in [6, 6.07) is 2.91. The Morgan fingerprint density at radius 1 is 0.933 bits per heavy atom. The number of unbranched alkanes of at least 4 members (excludes halogenated alkanes) is 11. The van der Waals surface area contributed by atoms with E-state index in [1.54, 1.807) is 26.0 Å². The first-order chi connectivity index (χ1) is 21.5. The third-order valence-electron chi connectivity index (χ3n) is 8.07. The van der Waals surface area contributed by atoms with Gasteiger partial charge in [-0.2, -0.15) is 0 Å². The van der Waals surface area contributed by atoms with E-state index in [1.807, 2.05) is 13.8 Å². The molecule has 0 spiro atoms. The van der Waals surface area contributed by atoms with Crippen LogP contribution in [0.5, 0.6) is 0 Å². The van der Waals surface area contributed by atoms with E-state index in [2.05, 4.69) is 29.7 Å². The summed E-state index contributed by atoms with van der Waals surface area (Å²) < 4.78 is 22.4. The molecular weight excluding hydrogens is 572 g/mol. The van der Waals surface area contributed by atoms with Crippen molar-refractivity contribution in [2.75, 3.05) is 19.8 Å². The van der Waals surface area contributed by atoms with Crippen LogP contribution in [0.25, 0.3) is 0 Å². The summed E-state index contributed by atoms with van der Waals surface area (Å²) >= 11 is 0. The van der Waals surface area contributed by atoms with E-state index < -0.39 is 29.3 Å². The van der Waals surface area contributed by atoms with Crippen LogP contribution < -0.4 is 10.6 Å². The highest BCUT2D eigenvalue weighted by molar-refractivity contribution is 5.82. The van der Waals surface area contributed by atoms with Crippen LogP contribution in [0, 0.1) is 5.41 Å². The fourth-order valence-corrected chi connectivity index (χ4v) is 5.26. The molecule has 0 radical (unpaired) electrons. The zero-order valence-corrected chi connectivity index (χ0v) is 28.6. The molecule has 2 unspecified atom stereocenters. The Labute approximate surface area is 271 Å². The SMILES string of the molecule is CCCCCCCC/C=C\CCCCCCCC(=O)NC(COC(=O)CCNC(=O)C1OC(C)(C)OCC1(C)C)c1ccco1.